The van der Waals surface area contributed by atoms with E-state index in [1.165, 1.54) is 0 Å². The molecule has 1 unspecified atom stereocenters. The van der Waals surface area contributed by atoms with Crippen LogP contribution in [0.25, 0.3) is 0 Å². The zero-order valence-electron chi connectivity index (χ0n) is 12.9. The first kappa shape index (κ1) is 16.6. The summed E-state index contributed by atoms with van der Waals surface area (Å²) in [6.45, 7) is 2.46. The topological polar surface area (TPSA) is 57.5 Å². The number of aryl methyl sites for hydroxylation is 1. The Morgan fingerprint density at radius 2 is 2.14 bits per heavy atom. The van der Waals surface area contributed by atoms with Crippen LogP contribution in [0.3, 0.4) is 0 Å². The lowest BCUT2D eigenvalue weighted by atomic mass is 10.2. The lowest BCUT2D eigenvalue weighted by Gasteiger charge is -2.22. The third kappa shape index (κ3) is 4.35. The van der Waals surface area contributed by atoms with Crippen molar-refractivity contribution in [3.63, 3.8) is 0 Å². The van der Waals surface area contributed by atoms with Gasteiger partial charge in [-0.15, -0.1) is 0 Å². The minimum absolute atomic E-state index is 0.00879. The summed E-state index contributed by atoms with van der Waals surface area (Å²) < 4.78 is 6.38. The zero-order valence-corrected chi connectivity index (χ0v) is 14.5. The van der Waals surface area contributed by atoms with E-state index in [9.17, 15) is 4.79 Å². The fourth-order valence-corrected chi connectivity index (χ4v) is 2.43. The molecule has 0 aliphatic rings. The molecule has 2 amide bonds. The van der Waals surface area contributed by atoms with Gasteiger partial charge in [-0.3, -0.25) is 4.90 Å². The fraction of sp³-hybridized carbons (Fsp3) is 0.312. The molecule has 0 radical (unpaired) electrons. The van der Waals surface area contributed by atoms with Crippen molar-refractivity contribution in [1.29, 1.82) is 0 Å². The Balaban J connectivity index is 1.92. The largest absolute Gasteiger partial charge is 0.468 e. The average molecular weight is 366 g/mol. The number of hydrogen-bond acceptors (Lipinski definition) is 3. The van der Waals surface area contributed by atoms with Crippen LogP contribution >= 0.6 is 15.9 Å². The number of carbonyl (C=O) groups excluding carboxylic acids is 1. The van der Waals surface area contributed by atoms with E-state index in [0.29, 0.717) is 6.54 Å². The third-order valence-corrected chi connectivity index (χ3v) is 4.23. The van der Waals surface area contributed by atoms with Gasteiger partial charge in [0, 0.05) is 16.7 Å². The normalized spacial score (nSPS) is 12.2. The van der Waals surface area contributed by atoms with E-state index in [1.807, 2.05) is 56.3 Å². The van der Waals surface area contributed by atoms with Crippen LogP contribution in [0.2, 0.25) is 0 Å². The number of rotatable bonds is 5. The van der Waals surface area contributed by atoms with Gasteiger partial charge in [0.15, 0.2) is 0 Å². The van der Waals surface area contributed by atoms with Gasteiger partial charge < -0.3 is 15.1 Å². The minimum Gasteiger partial charge on any atom is -0.468 e. The monoisotopic (exact) mass is 365 g/mol. The first-order chi connectivity index (χ1) is 10.5. The second-order valence-corrected chi connectivity index (χ2v) is 6.15. The maximum atomic E-state index is 12.0. The Morgan fingerprint density at radius 1 is 1.36 bits per heavy atom. The van der Waals surface area contributed by atoms with Gasteiger partial charge in [-0.2, -0.15) is 0 Å². The highest BCUT2D eigenvalue weighted by molar-refractivity contribution is 9.10. The molecule has 118 valence electrons. The fourth-order valence-electron chi connectivity index (χ4n) is 2.05. The van der Waals surface area contributed by atoms with E-state index in [1.54, 1.807) is 6.26 Å². The predicted octanol–water partition coefficient (Wildman–Crippen LogP) is 3.77. The summed E-state index contributed by atoms with van der Waals surface area (Å²) in [4.78, 5) is 14.0. The summed E-state index contributed by atoms with van der Waals surface area (Å²) in [5.41, 5.74) is 1.87. The number of nitrogens with zero attached hydrogens (tertiary/aromatic N) is 1. The highest BCUT2D eigenvalue weighted by Gasteiger charge is 2.17. The third-order valence-electron chi connectivity index (χ3n) is 3.38. The molecule has 0 saturated carbocycles. The molecule has 22 heavy (non-hydrogen) atoms. The van der Waals surface area contributed by atoms with Gasteiger partial charge in [-0.1, -0.05) is 22.0 Å². The SMILES string of the molecule is Cc1ccc(NC(=O)NCC(c2ccco2)N(C)C)cc1Br. The van der Waals surface area contributed by atoms with Crippen molar-refractivity contribution < 1.29 is 9.21 Å². The van der Waals surface area contributed by atoms with Crippen LogP contribution in [0.15, 0.2) is 45.5 Å². The number of hydrogen-bond donors (Lipinski definition) is 2. The van der Waals surface area contributed by atoms with Crippen molar-refractivity contribution in [3.05, 3.63) is 52.4 Å². The Kier molecular flexibility index (Phi) is 5.63. The molecule has 1 aromatic heterocycles. The molecule has 0 bridgehead atoms. The van der Waals surface area contributed by atoms with Crippen LogP contribution in [0.5, 0.6) is 0 Å². The van der Waals surface area contributed by atoms with Crippen LogP contribution in [-0.4, -0.2) is 31.6 Å². The summed E-state index contributed by atoms with van der Waals surface area (Å²) in [5, 5.41) is 5.69. The molecular weight excluding hydrogens is 346 g/mol. The molecule has 5 nitrogen and oxygen atoms in total. The molecule has 6 heteroatoms. The van der Waals surface area contributed by atoms with Crippen molar-refractivity contribution in [3.8, 4) is 0 Å². The molecule has 0 spiro atoms. The van der Waals surface area contributed by atoms with Gasteiger partial charge in [-0.25, -0.2) is 4.79 Å². The average Bonchev–Trinajstić information content (AvgIpc) is 2.97. The molecule has 1 heterocycles. The number of benzene rings is 1. The van der Waals surface area contributed by atoms with E-state index in [-0.39, 0.29) is 12.1 Å². The van der Waals surface area contributed by atoms with Crippen molar-refractivity contribution in [2.45, 2.75) is 13.0 Å². The van der Waals surface area contributed by atoms with E-state index in [2.05, 4.69) is 26.6 Å². The van der Waals surface area contributed by atoms with Crippen LogP contribution in [0.1, 0.15) is 17.4 Å². The molecular formula is C16H20BrN3O2. The van der Waals surface area contributed by atoms with Gasteiger partial charge in [0.2, 0.25) is 0 Å². The minimum atomic E-state index is -0.242. The summed E-state index contributed by atoms with van der Waals surface area (Å²) in [7, 11) is 3.90. The van der Waals surface area contributed by atoms with Crippen LogP contribution in [0, 0.1) is 6.92 Å². The van der Waals surface area contributed by atoms with E-state index in [4.69, 9.17) is 4.42 Å². The van der Waals surface area contributed by atoms with Crippen molar-refractivity contribution >= 4 is 27.6 Å². The standard InChI is InChI=1S/C16H20BrN3O2/c1-11-6-7-12(9-13(11)17)19-16(21)18-10-14(20(2)3)15-5-4-8-22-15/h4-9,14H,10H2,1-3H3,(H2,18,19,21). The van der Waals surface area contributed by atoms with Gasteiger partial charge in [0.05, 0.1) is 12.3 Å². The zero-order chi connectivity index (χ0) is 16.1. The first-order valence-corrected chi connectivity index (χ1v) is 7.77. The van der Waals surface area contributed by atoms with E-state index in [0.717, 1.165) is 21.5 Å². The number of furan rings is 1. The summed E-state index contributed by atoms with van der Waals surface area (Å²) in [6, 6.07) is 9.20. The van der Waals surface area contributed by atoms with Gasteiger partial charge in [0.25, 0.3) is 0 Å². The highest BCUT2D eigenvalue weighted by atomic mass is 79.9. The highest BCUT2D eigenvalue weighted by Crippen LogP contribution is 2.21. The van der Waals surface area contributed by atoms with E-state index < -0.39 is 0 Å². The van der Waals surface area contributed by atoms with Crippen LogP contribution in [0.4, 0.5) is 10.5 Å². The number of likely N-dealkylation sites (N-methyl/N-ethyl adjacent to an activating group) is 1. The Labute approximate surface area is 138 Å². The van der Waals surface area contributed by atoms with Crippen LogP contribution in [-0.2, 0) is 0 Å². The smallest absolute Gasteiger partial charge is 0.319 e. The van der Waals surface area contributed by atoms with Crippen molar-refractivity contribution in [2.75, 3.05) is 26.0 Å². The summed E-state index contributed by atoms with van der Waals surface area (Å²) >= 11 is 3.45. The second kappa shape index (κ2) is 7.47. The molecule has 1 atom stereocenters. The van der Waals surface area contributed by atoms with Gasteiger partial charge >= 0.3 is 6.03 Å². The number of anilines is 1. The summed E-state index contributed by atoms with van der Waals surface area (Å²) in [6.07, 6.45) is 1.63. The molecule has 0 aliphatic heterocycles. The number of halogens is 1. The van der Waals surface area contributed by atoms with Gasteiger partial charge in [0.1, 0.15) is 5.76 Å². The number of nitrogens with one attached hydrogen (secondary N) is 2. The Morgan fingerprint density at radius 3 is 2.73 bits per heavy atom. The second-order valence-electron chi connectivity index (χ2n) is 5.29. The summed E-state index contributed by atoms with van der Waals surface area (Å²) in [5.74, 6) is 0.823. The molecule has 0 saturated heterocycles. The Hall–Kier alpha value is -1.79. The molecule has 2 N–H and O–H groups in total. The quantitative estimate of drug-likeness (QED) is 0.847. The van der Waals surface area contributed by atoms with E-state index >= 15 is 0 Å². The molecule has 0 fully saturated rings. The molecule has 0 aliphatic carbocycles. The number of carbonyl (C=O) groups is 1. The van der Waals surface area contributed by atoms with Crippen molar-refractivity contribution in [1.82, 2.24) is 10.2 Å². The molecule has 1 aromatic carbocycles. The van der Waals surface area contributed by atoms with Gasteiger partial charge in [-0.05, 0) is 50.8 Å². The maximum absolute atomic E-state index is 12.0. The lowest BCUT2D eigenvalue weighted by molar-refractivity contribution is 0.233. The van der Waals surface area contributed by atoms with Crippen molar-refractivity contribution in [2.24, 2.45) is 0 Å². The first-order valence-electron chi connectivity index (χ1n) is 6.98. The molecule has 2 rings (SSSR count). The van der Waals surface area contributed by atoms with Crippen LogP contribution < -0.4 is 10.6 Å². The number of urea groups is 1. The lowest BCUT2D eigenvalue weighted by Crippen LogP contribution is -2.36. The predicted molar refractivity (Wildman–Crippen MR) is 91.0 cm³/mol. The number of amides is 2. The maximum Gasteiger partial charge on any atom is 0.319 e. The Bertz CT molecular complexity index is 626. The molecule has 2 aromatic rings.